The molecule has 2 aromatic rings. The monoisotopic (exact) mass is 283 g/mol. The van der Waals surface area contributed by atoms with Crippen molar-refractivity contribution in [3.05, 3.63) is 59.7 Å². The van der Waals surface area contributed by atoms with Crippen LogP contribution in [0.1, 0.15) is 18.1 Å². The Morgan fingerprint density at radius 3 is 2.29 bits per heavy atom. The first-order chi connectivity index (χ1) is 10.0. The normalized spacial score (nSPS) is 9.95. The van der Waals surface area contributed by atoms with E-state index in [1.54, 1.807) is 0 Å². The molecule has 5 heteroatoms. The second kappa shape index (κ2) is 6.56. The number of carbonyl (C=O) groups excluding carboxylic acids is 2. The van der Waals surface area contributed by atoms with Gasteiger partial charge in [-0.05, 0) is 35.7 Å². The van der Waals surface area contributed by atoms with Crippen LogP contribution >= 0.6 is 0 Å². The molecule has 0 atom stereocenters. The molecule has 0 aliphatic carbocycles. The molecule has 0 heterocycles. The third kappa shape index (κ3) is 4.35. The second-order valence-corrected chi connectivity index (χ2v) is 4.70. The summed E-state index contributed by atoms with van der Waals surface area (Å²) in [6.07, 6.45) is 0.663. The summed E-state index contributed by atoms with van der Waals surface area (Å²) in [4.78, 5) is 22.0. The van der Waals surface area contributed by atoms with Gasteiger partial charge in [0.2, 0.25) is 5.91 Å². The third-order valence-corrected chi connectivity index (χ3v) is 2.94. The number of para-hydroxylation sites is 1. The topological polar surface area (TPSA) is 84.2 Å². The molecule has 4 N–H and O–H groups in total. The fraction of sp³-hybridized carbons (Fsp3) is 0.125. The van der Waals surface area contributed by atoms with Gasteiger partial charge in [0.1, 0.15) is 0 Å². The summed E-state index contributed by atoms with van der Waals surface area (Å²) >= 11 is 0. The Morgan fingerprint density at radius 2 is 1.67 bits per heavy atom. The van der Waals surface area contributed by atoms with Crippen LogP contribution in [-0.4, -0.2) is 11.9 Å². The number of carbonyl (C=O) groups is 2. The van der Waals surface area contributed by atoms with Crippen molar-refractivity contribution in [3.8, 4) is 0 Å². The molecule has 0 fully saturated rings. The number of rotatable bonds is 4. The third-order valence-electron chi connectivity index (χ3n) is 2.94. The minimum Gasteiger partial charge on any atom is -0.351 e. The van der Waals surface area contributed by atoms with Crippen LogP contribution in [0.2, 0.25) is 0 Å². The molecule has 0 unspecified atom stereocenters. The van der Waals surface area contributed by atoms with Gasteiger partial charge in [0, 0.05) is 18.3 Å². The van der Waals surface area contributed by atoms with Crippen LogP contribution in [-0.2, 0) is 11.2 Å². The summed E-state index contributed by atoms with van der Waals surface area (Å²) in [5.41, 5.74) is 8.67. The number of anilines is 2. The summed E-state index contributed by atoms with van der Waals surface area (Å²) in [5.74, 6) is -0.0984. The second-order valence-electron chi connectivity index (χ2n) is 4.70. The van der Waals surface area contributed by atoms with Gasteiger partial charge in [-0.2, -0.15) is 0 Å². The molecule has 0 aromatic heterocycles. The number of urea groups is 1. The zero-order valence-electron chi connectivity index (χ0n) is 11.7. The lowest BCUT2D eigenvalue weighted by molar-refractivity contribution is -0.114. The molecule has 21 heavy (non-hydrogen) atoms. The van der Waals surface area contributed by atoms with Gasteiger partial charge in [-0.15, -0.1) is 0 Å². The van der Waals surface area contributed by atoms with Crippen molar-refractivity contribution >= 4 is 23.3 Å². The largest absolute Gasteiger partial charge is 0.351 e. The van der Waals surface area contributed by atoms with Crippen LogP contribution in [0.25, 0.3) is 0 Å². The minimum atomic E-state index is -0.580. The van der Waals surface area contributed by atoms with E-state index in [4.69, 9.17) is 5.73 Å². The van der Waals surface area contributed by atoms with Crippen molar-refractivity contribution in [1.29, 1.82) is 0 Å². The Hall–Kier alpha value is -2.82. The lowest BCUT2D eigenvalue weighted by Gasteiger charge is -2.10. The van der Waals surface area contributed by atoms with Gasteiger partial charge >= 0.3 is 6.03 Å². The number of hydrogen-bond donors (Lipinski definition) is 3. The highest BCUT2D eigenvalue weighted by molar-refractivity contribution is 5.89. The van der Waals surface area contributed by atoms with E-state index in [2.05, 4.69) is 10.6 Å². The molecular weight excluding hydrogens is 266 g/mol. The van der Waals surface area contributed by atoms with Crippen LogP contribution in [0.5, 0.6) is 0 Å². The highest BCUT2D eigenvalue weighted by Crippen LogP contribution is 2.20. The molecule has 0 saturated carbocycles. The van der Waals surface area contributed by atoms with Gasteiger partial charge in [-0.3, -0.25) is 4.79 Å². The van der Waals surface area contributed by atoms with Gasteiger partial charge in [0.25, 0.3) is 0 Å². The molecule has 2 aromatic carbocycles. The lowest BCUT2D eigenvalue weighted by Crippen LogP contribution is -2.20. The highest BCUT2D eigenvalue weighted by atomic mass is 16.2. The zero-order chi connectivity index (χ0) is 15.2. The predicted molar refractivity (Wildman–Crippen MR) is 83.2 cm³/mol. The summed E-state index contributed by atoms with van der Waals surface area (Å²) in [7, 11) is 0. The fourth-order valence-corrected chi connectivity index (χ4v) is 2.06. The molecule has 0 aliphatic rings. The smallest absolute Gasteiger partial charge is 0.316 e. The molecule has 0 saturated heterocycles. The molecular formula is C16H17N3O2. The Balaban J connectivity index is 2.14. The number of benzene rings is 2. The van der Waals surface area contributed by atoms with E-state index in [1.807, 2.05) is 48.5 Å². The molecule has 2 rings (SSSR count). The van der Waals surface area contributed by atoms with E-state index in [1.165, 1.54) is 6.92 Å². The zero-order valence-corrected chi connectivity index (χ0v) is 11.7. The Kier molecular flexibility index (Phi) is 4.56. The van der Waals surface area contributed by atoms with Crippen LogP contribution in [0.4, 0.5) is 16.2 Å². The molecule has 108 valence electrons. The maximum atomic E-state index is 11.0. The van der Waals surface area contributed by atoms with E-state index in [0.717, 1.165) is 16.8 Å². The number of hydrogen-bond acceptors (Lipinski definition) is 2. The maximum absolute atomic E-state index is 11.0. The van der Waals surface area contributed by atoms with E-state index in [-0.39, 0.29) is 5.91 Å². The maximum Gasteiger partial charge on any atom is 0.316 e. The van der Waals surface area contributed by atoms with Gasteiger partial charge in [-0.25, -0.2) is 4.79 Å². The average Bonchev–Trinajstić information content (AvgIpc) is 2.42. The quantitative estimate of drug-likeness (QED) is 0.806. The van der Waals surface area contributed by atoms with Crippen molar-refractivity contribution < 1.29 is 9.59 Å². The molecule has 3 amide bonds. The van der Waals surface area contributed by atoms with Crippen molar-refractivity contribution in [2.45, 2.75) is 13.3 Å². The number of primary amides is 1. The highest BCUT2D eigenvalue weighted by Gasteiger charge is 2.05. The van der Waals surface area contributed by atoms with Crippen molar-refractivity contribution in [1.82, 2.24) is 0 Å². The first-order valence-electron chi connectivity index (χ1n) is 6.55. The van der Waals surface area contributed by atoms with Crippen LogP contribution < -0.4 is 16.4 Å². The minimum absolute atomic E-state index is 0.0984. The van der Waals surface area contributed by atoms with Gasteiger partial charge in [0.05, 0.1) is 0 Å². The van der Waals surface area contributed by atoms with Crippen molar-refractivity contribution in [3.63, 3.8) is 0 Å². The summed E-state index contributed by atoms with van der Waals surface area (Å²) in [6, 6.07) is 14.5. The Morgan fingerprint density at radius 1 is 1.00 bits per heavy atom. The first kappa shape index (κ1) is 14.6. The summed E-state index contributed by atoms with van der Waals surface area (Å²) in [6.45, 7) is 1.47. The van der Waals surface area contributed by atoms with Crippen molar-refractivity contribution in [2.75, 3.05) is 10.6 Å². The Labute approximate surface area is 123 Å². The van der Waals surface area contributed by atoms with Gasteiger partial charge in [-0.1, -0.05) is 30.3 Å². The average molecular weight is 283 g/mol. The summed E-state index contributed by atoms with van der Waals surface area (Å²) in [5, 5.41) is 5.33. The van der Waals surface area contributed by atoms with Gasteiger partial charge < -0.3 is 16.4 Å². The number of amides is 3. The van der Waals surface area contributed by atoms with E-state index < -0.39 is 6.03 Å². The van der Waals surface area contributed by atoms with Crippen LogP contribution in [0.3, 0.4) is 0 Å². The lowest BCUT2D eigenvalue weighted by atomic mass is 10.0. The summed E-state index contributed by atoms with van der Waals surface area (Å²) < 4.78 is 0. The van der Waals surface area contributed by atoms with E-state index >= 15 is 0 Å². The van der Waals surface area contributed by atoms with Crippen LogP contribution in [0.15, 0.2) is 48.5 Å². The first-order valence-corrected chi connectivity index (χ1v) is 6.55. The SMILES string of the molecule is CC(=O)Nc1ccc(Cc2ccccc2NC(N)=O)cc1. The molecule has 5 nitrogen and oxygen atoms in total. The molecule has 0 bridgehead atoms. The van der Waals surface area contributed by atoms with Crippen molar-refractivity contribution in [2.24, 2.45) is 5.73 Å². The Bertz CT molecular complexity index is 651. The van der Waals surface area contributed by atoms with Crippen LogP contribution in [0, 0.1) is 0 Å². The van der Waals surface area contributed by atoms with E-state index in [0.29, 0.717) is 12.1 Å². The van der Waals surface area contributed by atoms with Gasteiger partial charge in [0.15, 0.2) is 0 Å². The molecule has 0 spiro atoms. The molecule has 0 aliphatic heterocycles. The predicted octanol–water partition coefficient (Wildman–Crippen LogP) is 2.73. The van der Waals surface area contributed by atoms with E-state index in [9.17, 15) is 9.59 Å². The molecule has 0 radical (unpaired) electrons. The number of nitrogens with two attached hydrogens (primary N) is 1. The number of nitrogens with one attached hydrogen (secondary N) is 2. The standard InChI is InChI=1S/C16H17N3O2/c1-11(20)18-14-8-6-12(7-9-14)10-13-4-2-3-5-15(13)19-16(17)21/h2-9H,10H2,1H3,(H,18,20)(H3,17,19,21). The fourth-order valence-electron chi connectivity index (χ4n) is 2.06.